The first kappa shape index (κ1) is 22.7. The maximum atomic E-state index is 13.1. The predicted molar refractivity (Wildman–Crippen MR) is 131 cm³/mol. The molecule has 0 heterocycles. The third kappa shape index (κ3) is 5.48. The van der Waals surface area contributed by atoms with Gasteiger partial charge in [-0.2, -0.15) is 0 Å². The van der Waals surface area contributed by atoms with Crippen LogP contribution in [0.3, 0.4) is 0 Å². The number of rotatable bonds is 7. The Hall–Kier alpha value is -4.45. The molecule has 4 aromatic rings. The summed E-state index contributed by atoms with van der Waals surface area (Å²) >= 11 is 0. The predicted octanol–water partition coefficient (Wildman–Crippen LogP) is 6.22. The molecule has 0 unspecified atom stereocenters. The van der Waals surface area contributed by atoms with Crippen LogP contribution < -0.4 is 15.4 Å². The lowest BCUT2D eigenvalue weighted by Crippen LogP contribution is -2.16. The van der Waals surface area contributed by atoms with Gasteiger partial charge in [0.25, 0.3) is 11.8 Å². The number of hydrogen-bond acceptors (Lipinski definition) is 3. The first-order chi connectivity index (χ1) is 16.5. The van der Waals surface area contributed by atoms with Gasteiger partial charge >= 0.3 is 0 Å². The summed E-state index contributed by atoms with van der Waals surface area (Å²) in [6.07, 6.45) is 0. The molecule has 0 spiro atoms. The number of para-hydroxylation sites is 1. The second-order valence-electron chi connectivity index (χ2n) is 7.66. The van der Waals surface area contributed by atoms with Crippen LogP contribution in [0.1, 0.15) is 31.8 Å². The summed E-state index contributed by atoms with van der Waals surface area (Å²) in [5.74, 6) is -0.479. The maximum absolute atomic E-state index is 13.1. The van der Waals surface area contributed by atoms with Gasteiger partial charge in [0.05, 0.1) is 5.56 Å². The van der Waals surface area contributed by atoms with Crippen LogP contribution in [0.4, 0.5) is 15.8 Å². The highest BCUT2D eigenvalue weighted by molar-refractivity contribution is 6.08. The fourth-order valence-corrected chi connectivity index (χ4v) is 3.40. The molecule has 6 heteroatoms. The average molecular weight is 455 g/mol. The Morgan fingerprint density at radius 2 is 1.35 bits per heavy atom. The zero-order chi connectivity index (χ0) is 23.9. The van der Waals surface area contributed by atoms with Gasteiger partial charge in [0.2, 0.25) is 0 Å². The molecule has 0 bridgehead atoms. The number of carbonyl (C=O) groups excluding carboxylic acids is 2. The number of ether oxygens (including phenoxy) is 1. The van der Waals surface area contributed by atoms with E-state index in [1.165, 1.54) is 12.1 Å². The highest BCUT2D eigenvalue weighted by Gasteiger charge is 2.15. The molecule has 0 fully saturated rings. The van der Waals surface area contributed by atoms with Crippen LogP contribution in [0.25, 0.3) is 0 Å². The van der Waals surface area contributed by atoms with Crippen LogP contribution in [0.5, 0.6) is 5.75 Å². The fraction of sp³-hybridized carbons (Fsp3) is 0.0714. The van der Waals surface area contributed by atoms with E-state index in [-0.39, 0.29) is 24.2 Å². The van der Waals surface area contributed by atoms with Gasteiger partial charge in [-0.15, -0.1) is 0 Å². The number of hydrogen-bond donors (Lipinski definition) is 2. The largest absolute Gasteiger partial charge is 0.488 e. The van der Waals surface area contributed by atoms with E-state index in [4.69, 9.17) is 4.74 Å². The topological polar surface area (TPSA) is 67.4 Å². The van der Waals surface area contributed by atoms with Crippen LogP contribution in [0.15, 0.2) is 97.1 Å². The van der Waals surface area contributed by atoms with Gasteiger partial charge < -0.3 is 15.4 Å². The van der Waals surface area contributed by atoms with Crippen LogP contribution in [0.2, 0.25) is 0 Å². The lowest BCUT2D eigenvalue weighted by molar-refractivity contribution is 0.101. The van der Waals surface area contributed by atoms with Crippen LogP contribution in [-0.4, -0.2) is 11.8 Å². The zero-order valence-electron chi connectivity index (χ0n) is 18.5. The highest BCUT2D eigenvalue weighted by atomic mass is 19.1. The van der Waals surface area contributed by atoms with Gasteiger partial charge in [-0.05, 0) is 66.6 Å². The Morgan fingerprint density at radius 1 is 0.735 bits per heavy atom. The van der Waals surface area contributed by atoms with Gasteiger partial charge in [-0.25, -0.2) is 4.39 Å². The number of carbonyl (C=O) groups is 2. The smallest absolute Gasteiger partial charge is 0.259 e. The SMILES string of the molecule is Cc1c(NC(=O)c2ccccc2)cccc1NC(=O)c1ccccc1OCc1ccc(F)cc1. The molecule has 0 aliphatic heterocycles. The molecule has 4 aromatic carbocycles. The Kier molecular flexibility index (Phi) is 6.98. The maximum Gasteiger partial charge on any atom is 0.259 e. The summed E-state index contributed by atoms with van der Waals surface area (Å²) in [4.78, 5) is 25.6. The molecule has 0 aliphatic rings. The quantitative estimate of drug-likeness (QED) is 0.348. The number of nitrogens with one attached hydrogen (secondary N) is 2. The van der Waals surface area contributed by atoms with E-state index >= 15 is 0 Å². The van der Waals surface area contributed by atoms with Crippen molar-refractivity contribution in [3.63, 3.8) is 0 Å². The van der Waals surface area contributed by atoms with Gasteiger partial charge in [0.1, 0.15) is 18.2 Å². The van der Waals surface area contributed by atoms with E-state index < -0.39 is 0 Å². The van der Waals surface area contributed by atoms with E-state index in [1.54, 1.807) is 78.9 Å². The molecule has 0 aromatic heterocycles. The van der Waals surface area contributed by atoms with Gasteiger partial charge in [-0.1, -0.05) is 48.5 Å². The third-order valence-corrected chi connectivity index (χ3v) is 5.31. The molecule has 0 saturated heterocycles. The molecule has 2 N–H and O–H groups in total. The normalized spacial score (nSPS) is 10.4. The fourth-order valence-electron chi connectivity index (χ4n) is 3.40. The molecular weight excluding hydrogens is 431 g/mol. The second kappa shape index (κ2) is 10.4. The Balaban J connectivity index is 1.48. The van der Waals surface area contributed by atoms with Gasteiger partial charge in [0.15, 0.2) is 0 Å². The van der Waals surface area contributed by atoms with Crippen molar-refractivity contribution in [3.8, 4) is 5.75 Å². The van der Waals surface area contributed by atoms with Gasteiger partial charge in [0, 0.05) is 16.9 Å². The lowest BCUT2D eigenvalue weighted by atomic mass is 10.1. The summed E-state index contributed by atoms with van der Waals surface area (Å²) in [6, 6.07) is 27.2. The van der Waals surface area contributed by atoms with E-state index in [1.807, 2.05) is 13.0 Å². The molecule has 2 amide bonds. The van der Waals surface area contributed by atoms with Crippen molar-refractivity contribution in [1.29, 1.82) is 0 Å². The number of amides is 2. The molecule has 34 heavy (non-hydrogen) atoms. The molecule has 5 nitrogen and oxygen atoms in total. The van der Waals surface area contributed by atoms with Crippen molar-refractivity contribution in [2.75, 3.05) is 10.6 Å². The Labute approximate surface area is 197 Å². The van der Waals surface area contributed by atoms with Crippen LogP contribution in [-0.2, 0) is 6.61 Å². The third-order valence-electron chi connectivity index (χ3n) is 5.31. The van der Waals surface area contributed by atoms with E-state index in [9.17, 15) is 14.0 Å². The molecular formula is C28H23FN2O3. The van der Waals surface area contributed by atoms with Crippen molar-refractivity contribution in [3.05, 3.63) is 125 Å². The van der Waals surface area contributed by atoms with Crippen molar-refractivity contribution in [1.82, 2.24) is 0 Å². The second-order valence-corrected chi connectivity index (χ2v) is 7.66. The summed E-state index contributed by atoms with van der Waals surface area (Å²) in [5, 5.41) is 5.80. The molecule has 0 saturated carbocycles. The minimum absolute atomic E-state index is 0.199. The van der Waals surface area contributed by atoms with Gasteiger partial charge in [-0.3, -0.25) is 9.59 Å². The number of anilines is 2. The van der Waals surface area contributed by atoms with Crippen molar-refractivity contribution < 1.29 is 18.7 Å². The standard InChI is InChI=1S/C28H23FN2O3/c1-19-24(30-27(32)21-8-3-2-4-9-21)11-7-12-25(19)31-28(33)23-10-5-6-13-26(23)34-18-20-14-16-22(29)17-15-20/h2-17H,18H2,1H3,(H,30,32)(H,31,33). The van der Waals surface area contributed by atoms with E-state index in [0.717, 1.165) is 11.1 Å². The van der Waals surface area contributed by atoms with E-state index in [0.29, 0.717) is 28.3 Å². The zero-order valence-corrected chi connectivity index (χ0v) is 18.5. The minimum Gasteiger partial charge on any atom is -0.488 e. The van der Waals surface area contributed by atoms with Crippen molar-refractivity contribution in [2.45, 2.75) is 13.5 Å². The lowest BCUT2D eigenvalue weighted by Gasteiger charge is -2.15. The summed E-state index contributed by atoms with van der Waals surface area (Å²) in [6.45, 7) is 2.03. The Morgan fingerprint density at radius 3 is 2.06 bits per heavy atom. The van der Waals surface area contributed by atoms with Crippen molar-refractivity contribution >= 4 is 23.2 Å². The highest BCUT2D eigenvalue weighted by Crippen LogP contribution is 2.26. The molecule has 0 atom stereocenters. The molecule has 0 radical (unpaired) electrons. The summed E-state index contributed by atoms with van der Waals surface area (Å²) in [7, 11) is 0. The Bertz CT molecular complexity index is 1310. The van der Waals surface area contributed by atoms with Crippen molar-refractivity contribution in [2.24, 2.45) is 0 Å². The molecule has 4 rings (SSSR count). The molecule has 0 aliphatic carbocycles. The van der Waals surface area contributed by atoms with Crippen LogP contribution >= 0.6 is 0 Å². The van der Waals surface area contributed by atoms with Crippen LogP contribution in [0, 0.1) is 12.7 Å². The summed E-state index contributed by atoms with van der Waals surface area (Å²) in [5.41, 5.74) is 3.60. The average Bonchev–Trinajstić information content (AvgIpc) is 2.86. The number of benzene rings is 4. The first-order valence-electron chi connectivity index (χ1n) is 10.7. The summed E-state index contributed by atoms with van der Waals surface area (Å²) < 4.78 is 19.0. The minimum atomic E-state index is -0.343. The first-order valence-corrected chi connectivity index (χ1v) is 10.7. The molecule has 170 valence electrons. The monoisotopic (exact) mass is 454 g/mol. The number of halogens is 1. The van der Waals surface area contributed by atoms with E-state index in [2.05, 4.69) is 10.6 Å².